The third-order valence-corrected chi connectivity index (χ3v) is 4.45. The number of imidazole rings is 1. The summed E-state index contributed by atoms with van der Waals surface area (Å²) in [6.07, 6.45) is -9.70. The Morgan fingerprint density at radius 3 is 2.25 bits per heavy atom. The highest BCUT2D eigenvalue weighted by molar-refractivity contribution is 6.32. The van der Waals surface area contributed by atoms with E-state index < -0.39 is 46.3 Å². The van der Waals surface area contributed by atoms with Crippen molar-refractivity contribution >= 4 is 28.6 Å². The summed E-state index contributed by atoms with van der Waals surface area (Å²) in [7, 11) is 0. The minimum Gasteiger partial charge on any atom is -0.453 e. The summed E-state index contributed by atoms with van der Waals surface area (Å²) in [6.45, 7) is 2.47. The highest BCUT2D eigenvalue weighted by Crippen LogP contribution is 2.40. The molecular formula is C19H12ClF7N2O3. The number of carbonyl (C=O) groups excluding carboxylic acids is 1. The first kappa shape index (κ1) is 23.6. The second kappa shape index (κ2) is 8.15. The number of benzene rings is 2. The molecule has 0 aliphatic rings. The maximum absolute atomic E-state index is 14.3. The van der Waals surface area contributed by atoms with Gasteiger partial charge in [0.05, 0.1) is 16.1 Å². The summed E-state index contributed by atoms with van der Waals surface area (Å²) in [5.41, 5.74) is -1.63. The van der Waals surface area contributed by atoms with E-state index in [1.54, 1.807) is 6.92 Å². The van der Waals surface area contributed by atoms with E-state index in [0.29, 0.717) is 6.07 Å². The van der Waals surface area contributed by atoms with Gasteiger partial charge in [-0.1, -0.05) is 18.5 Å². The molecule has 13 heteroatoms. The fourth-order valence-corrected chi connectivity index (χ4v) is 3.11. The average molecular weight is 485 g/mol. The molecule has 0 aliphatic heterocycles. The number of halogens is 8. The largest absolute Gasteiger partial charge is 0.453 e. The lowest BCUT2D eigenvalue weighted by Crippen LogP contribution is -2.23. The van der Waals surface area contributed by atoms with Crippen LogP contribution in [-0.4, -0.2) is 15.7 Å². The Labute approximate surface area is 180 Å². The van der Waals surface area contributed by atoms with E-state index in [1.807, 2.05) is 0 Å². The fraction of sp³-hybridized carbons (Fsp3) is 0.263. The van der Waals surface area contributed by atoms with Gasteiger partial charge in [-0.3, -0.25) is 0 Å². The maximum atomic E-state index is 14.3. The number of nitrogens with zero attached hydrogens (tertiary/aromatic N) is 2. The first-order chi connectivity index (χ1) is 14.7. The normalized spacial score (nSPS) is 12.3. The molecule has 0 atom stereocenters. The Morgan fingerprint density at radius 1 is 1.09 bits per heavy atom. The first-order valence-corrected chi connectivity index (χ1v) is 9.15. The molecule has 0 saturated heterocycles. The van der Waals surface area contributed by atoms with E-state index in [-0.39, 0.29) is 39.6 Å². The van der Waals surface area contributed by atoms with Gasteiger partial charge in [0.15, 0.2) is 11.6 Å². The Morgan fingerprint density at radius 2 is 1.75 bits per heavy atom. The predicted molar refractivity (Wildman–Crippen MR) is 97.9 cm³/mol. The van der Waals surface area contributed by atoms with E-state index in [1.165, 1.54) is 6.07 Å². The molecule has 172 valence electrons. The summed E-state index contributed by atoms with van der Waals surface area (Å²) in [6, 6.07) is 2.81. The molecule has 3 aromatic rings. The molecule has 0 radical (unpaired) electrons. The number of alkyl halides is 6. The van der Waals surface area contributed by atoms with Gasteiger partial charge < -0.3 is 9.57 Å². The fourth-order valence-electron chi connectivity index (χ4n) is 2.87. The number of hydrogen-bond donors (Lipinski definition) is 0. The van der Waals surface area contributed by atoms with Gasteiger partial charge in [0.2, 0.25) is 0 Å². The van der Waals surface area contributed by atoms with Crippen LogP contribution in [-0.2, 0) is 23.6 Å². The average Bonchev–Trinajstić information content (AvgIpc) is 3.01. The minimum absolute atomic E-state index is 0.144. The third kappa shape index (κ3) is 4.59. The summed E-state index contributed by atoms with van der Waals surface area (Å²) >= 11 is 5.75. The van der Waals surface area contributed by atoms with Crippen LogP contribution in [0.25, 0.3) is 11.0 Å². The van der Waals surface area contributed by atoms with Crippen molar-refractivity contribution in [3.8, 4) is 11.5 Å². The number of ether oxygens (including phenoxy) is 1. The molecule has 1 heterocycles. The molecule has 0 saturated carbocycles. The van der Waals surface area contributed by atoms with Gasteiger partial charge in [0, 0.05) is 13.0 Å². The molecule has 0 N–H and O–H groups in total. The zero-order valence-corrected chi connectivity index (χ0v) is 16.9. The summed E-state index contributed by atoms with van der Waals surface area (Å²) in [4.78, 5) is 19.5. The van der Waals surface area contributed by atoms with Gasteiger partial charge in [-0.25, -0.2) is 14.2 Å². The zero-order valence-electron chi connectivity index (χ0n) is 16.2. The monoisotopic (exact) mass is 484 g/mol. The first-order valence-electron chi connectivity index (χ1n) is 8.78. The molecule has 0 aliphatic carbocycles. The van der Waals surface area contributed by atoms with Gasteiger partial charge in [0.1, 0.15) is 11.3 Å². The smallest absolute Gasteiger partial charge is 0.453 e. The molecule has 0 fully saturated rings. The molecular weight excluding hydrogens is 473 g/mol. The lowest BCUT2D eigenvalue weighted by molar-refractivity contribution is -0.161. The van der Waals surface area contributed by atoms with Gasteiger partial charge in [-0.2, -0.15) is 26.3 Å². The van der Waals surface area contributed by atoms with Crippen molar-refractivity contribution in [1.82, 2.24) is 9.71 Å². The molecule has 0 unspecified atom stereocenters. The lowest BCUT2D eigenvalue weighted by Gasteiger charge is -2.14. The van der Waals surface area contributed by atoms with Gasteiger partial charge in [-0.05, 0) is 30.2 Å². The Kier molecular flexibility index (Phi) is 6.02. The SMILES string of the molecule is CCc1cc(Oc2c(F)cc(C(F)(F)F)cc2Cl)cc2c1nc(C(F)(F)F)n2OC(C)=O. The molecule has 0 bridgehead atoms. The van der Waals surface area contributed by atoms with Crippen molar-refractivity contribution in [2.24, 2.45) is 0 Å². The maximum Gasteiger partial charge on any atom is 0.453 e. The van der Waals surface area contributed by atoms with E-state index in [4.69, 9.17) is 16.3 Å². The second-order valence-corrected chi connectivity index (χ2v) is 6.89. The van der Waals surface area contributed by atoms with Crippen molar-refractivity contribution < 1.29 is 45.1 Å². The molecule has 1 aromatic heterocycles. The highest BCUT2D eigenvalue weighted by Gasteiger charge is 2.40. The molecule has 32 heavy (non-hydrogen) atoms. The van der Waals surface area contributed by atoms with Crippen molar-refractivity contribution in [2.45, 2.75) is 32.6 Å². The zero-order chi connectivity index (χ0) is 24.0. The van der Waals surface area contributed by atoms with Crippen molar-refractivity contribution in [2.75, 3.05) is 0 Å². The van der Waals surface area contributed by atoms with Crippen molar-refractivity contribution in [3.63, 3.8) is 0 Å². The number of carbonyl (C=O) groups is 1. The molecule has 0 spiro atoms. The van der Waals surface area contributed by atoms with Crippen LogP contribution in [0.15, 0.2) is 24.3 Å². The van der Waals surface area contributed by atoms with Crippen LogP contribution in [0.4, 0.5) is 30.7 Å². The van der Waals surface area contributed by atoms with Crippen LogP contribution in [0, 0.1) is 5.82 Å². The standard InChI is InChI=1S/C19H12ClF7N2O3/c1-3-9-4-11(31-16-12(20)5-10(6-13(16)21)18(22,23)24)7-14-15(9)28-17(19(25,26)27)29(14)32-8(2)30/h4-7H,3H2,1-2H3. The minimum atomic E-state index is -4.98. The van der Waals surface area contributed by atoms with Gasteiger partial charge in [0.25, 0.3) is 5.82 Å². The van der Waals surface area contributed by atoms with E-state index in [0.717, 1.165) is 13.0 Å². The predicted octanol–water partition coefficient (Wildman–Crippen LogP) is 6.20. The van der Waals surface area contributed by atoms with Crippen LogP contribution in [0.5, 0.6) is 11.5 Å². The summed E-state index contributed by atoms with van der Waals surface area (Å²) in [5.74, 6) is -5.07. The summed E-state index contributed by atoms with van der Waals surface area (Å²) in [5, 5.41) is -0.708. The number of aryl methyl sites for hydroxylation is 1. The number of hydrogen-bond acceptors (Lipinski definition) is 4. The van der Waals surface area contributed by atoms with E-state index in [9.17, 15) is 35.5 Å². The van der Waals surface area contributed by atoms with Crippen molar-refractivity contribution in [1.29, 1.82) is 0 Å². The number of aromatic nitrogens is 2. The Bertz CT molecular complexity index is 1180. The van der Waals surface area contributed by atoms with Gasteiger partial charge >= 0.3 is 18.3 Å². The van der Waals surface area contributed by atoms with Crippen LogP contribution in [0.3, 0.4) is 0 Å². The highest BCUT2D eigenvalue weighted by atomic mass is 35.5. The number of rotatable bonds is 4. The molecule has 2 aromatic carbocycles. The molecule has 3 rings (SSSR count). The topological polar surface area (TPSA) is 53.4 Å². The Hall–Kier alpha value is -3.02. The van der Waals surface area contributed by atoms with E-state index >= 15 is 0 Å². The second-order valence-electron chi connectivity index (χ2n) is 6.48. The number of fused-ring (bicyclic) bond motifs is 1. The Balaban J connectivity index is 2.18. The van der Waals surface area contributed by atoms with Crippen LogP contribution in [0.2, 0.25) is 5.02 Å². The summed E-state index contributed by atoms with van der Waals surface area (Å²) < 4.78 is 98.4. The van der Waals surface area contributed by atoms with Crippen LogP contribution >= 0.6 is 11.6 Å². The van der Waals surface area contributed by atoms with Gasteiger partial charge in [-0.15, -0.1) is 4.73 Å². The molecule has 5 nitrogen and oxygen atoms in total. The quantitative estimate of drug-likeness (QED) is 0.414. The molecule has 0 amide bonds. The van der Waals surface area contributed by atoms with Crippen LogP contribution in [0.1, 0.15) is 30.8 Å². The van der Waals surface area contributed by atoms with Crippen LogP contribution < -0.4 is 9.57 Å². The third-order valence-electron chi connectivity index (χ3n) is 4.17. The van der Waals surface area contributed by atoms with Crippen molar-refractivity contribution in [3.05, 3.63) is 52.1 Å². The van der Waals surface area contributed by atoms with E-state index in [2.05, 4.69) is 9.82 Å². The lowest BCUT2D eigenvalue weighted by atomic mass is 10.1.